The van der Waals surface area contributed by atoms with Crippen molar-refractivity contribution in [2.24, 2.45) is 0 Å². The smallest absolute Gasteiger partial charge is 0.309 e. The topological polar surface area (TPSA) is 94.3 Å². The predicted molar refractivity (Wildman–Crippen MR) is 98.3 cm³/mol. The summed E-state index contributed by atoms with van der Waals surface area (Å²) in [4.78, 5) is 12.4. The van der Waals surface area contributed by atoms with Gasteiger partial charge in [0.2, 0.25) is 0 Å². The molecule has 0 aliphatic carbocycles. The Balaban J connectivity index is 1.54. The van der Waals surface area contributed by atoms with E-state index in [2.05, 4.69) is 15.5 Å². The Morgan fingerprint density at radius 1 is 1.15 bits per heavy atom. The van der Waals surface area contributed by atoms with Crippen LogP contribution in [0.3, 0.4) is 0 Å². The van der Waals surface area contributed by atoms with Crippen molar-refractivity contribution in [1.29, 1.82) is 0 Å². The maximum atomic E-state index is 12.4. The van der Waals surface area contributed by atoms with E-state index in [0.717, 1.165) is 27.9 Å². The van der Waals surface area contributed by atoms with E-state index in [9.17, 15) is 4.79 Å². The third-order valence-electron chi connectivity index (χ3n) is 4.44. The van der Waals surface area contributed by atoms with Gasteiger partial charge in [-0.15, -0.1) is 10.2 Å². The Morgan fingerprint density at radius 2 is 2.00 bits per heavy atom. The van der Waals surface area contributed by atoms with E-state index < -0.39 is 5.91 Å². The molecule has 0 bridgehead atoms. The van der Waals surface area contributed by atoms with Crippen LogP contribution >= 0.6 is 0 Å². The van der Waals surface area contributed by atoms with Gasteiger partial charge in [-0.25, -0.2) is 0 Å². The molecule has 27 heavy (non-hydrogen) atoms. The molecule has 0 unspecified atom stereocenters. The summed E-state index contributed by atoms with van der Waals surface area (Å²) in [5.41, 5.74) is 2.70. The van der Waals surface area contributed by atoms with Gasteiger partial charge in [0.05, 0.1) is 6.26 Å². The highest BCUT2D eigenvalue weighted by Crippen LogP contribution is 2.33. The van der Waals surface area contributed by atoms with E-state index in [-0.39, 0.29) is 17.8 Å². The van der Waals surface area contributed by atoms with Crippen LogP contribution in [0.4, 0.5) is 0 Å². The summed E-state index contributed by atoms with van der Waals surface area (Å²) < 4.78 is 16.8. The minimum absolute atomic E-state index is 0.104. The molecule has 0 radical (unpaired) electrons. The third-order valence-corrected chi connectivity index (χ3v) is 4.44. The number of carbonyl (C=O) groups excluding carboxylic acids is 1. The molecule has 0 aliphatic rings. The number of hydrogen-bond donors (Lipinski definition) is 1. The van der Waals surface area contributed by atoms with Crippen LogP contribution < -0.4 is 5.32 Å². The largest absolute Gasteiger partial charge is 0.469 e. The first-order chi connectivity index (χ1) is 13.0. The summed E-state index contributed by atoms with van der Waals surface area (Å²) in [7, 11) is 0. The lowest BCUT2D eigenvalue weighted by Gasteiger charge is -2.10. The highest BCUT2D eigenvalue weighted by atomic mass is 16.4. The number of rotatable bonds is 5. The van der Waals surface area contributed by atoms with E-state index in [0.29, 0.717) is 12.2 Å². The molecule has 1 N–H and O–H groups in total. The number of furan rings is 2. The SMILES string of the molecule is Cc1c(-c2nnc(C(=O)N[C@@H](C)Cc3ccco3)o2)oc2c(C)cccc12. The highest BCUT2D eigenvalue weighted by Gasteiger charge is 2.22. The van der Waals surface area contributed by atoms with E-state index in [4.69, 9.17) is 13.3 Å². The molecule has 1 amide bonds. The summed E-state index contributed by atoms with van der Waals surface area (Å²) in [5, 5.41) is 11.7. The van der Waals surface area contributed by atoms with Gasteiger partial charge < -0.3 is 18.6 Å². The fraction of sp³-hybridized carbons (Fsp3) is 0.250. The van der Waals surface area contributed by atoms with Crippen molar-refractivity contribution in [2.45, 2.75) is 33.2 Å². The first-order valence-corrected chi connectivity index (χ1v) is 8.68. The number of carbonyl (C=O) groups is 1. The van der Waals surface area contributed by atoms with Crippen LogP contribution in [0.1, 0.15) is 34.5 Å². The van der Waals surface area contributed by atoms with Gasteiger partial charge in [0.25, 0.3) is 5.89 Å². The molecule has 4 rings (SSSR count). The summed E-state index contributed by atoms with van der Waals surface area (Å²) in [6.45, 7) is 5.78. The molecule has 138 valence electrons. The first kappa shape index (κ1) is 17.1. The number of fused-ring (bicyclic) bond motifs is 1. The predicted octanol–water partition coefficient (Wildman–Crippen LogP) is 4.05. The van der Waals surface area contributed by atoms with Crippen LogP contribution in [0, 0.1) is 13.8 Å². The zero-order valence-electron chi connectivity index (χ0n) is 15.3. The Hall–Kier alpha value is -3.35. The van der Waals surface area contributed by atoms with Gasteiger partial charge in [-0.3, -0.25) is 4.79 Å². The average Bonchev–Trinajstić information content (AvgIpc) is 3.36. The van der Waals surface area contributed by atoms with E-state index in [1.54, 1.807) is 6.26 Å². The van der Waals surface area contributed by atoms with E-state index in [1.807, 2.05) is 51.1 Å². The third kappa shape index (κ3) is 3.23. The normalized spacial score (nSPS) is 12.4. The van der Waals surface area contributed by atoms with Gasteiger partial charge in [0, 0.05) is 23.4 Å². The molecule has 0 saturated carbocycles. The van der Waals surface area contributed by atoms with Crippen molar-refractivity contribution in [3.05, 3.63) is 59.4 Å². The average molecular weight is 365 g/mol. The molecule has 3 heterocycles. The Kier molecular flexibility index (Phi) is 4.27. The number of nitrogens with zero attached hydrogens (tertiary/aromatic N) is 2. The van der Waals surface area contributed by atoms with Gasteiger partial charge in [0.15, 0.2) is 5.76 Å². The maximum Gasteiger partial charge on any atom is 0.309 e. The van der Waals surface area contributed by atoms with Gasteiger partial charge in [-0.2, -0.15) is 0 Å². The van der Waals surface area contributed by atoms with Crippen LogP contribution in [0.25, 0.3) is 22.6 Å². The number of para-hydroxylation sites is 1. The van der Waals surface area contributed by atoms with Crippen molar-refractivity contribution >= 4 is 16.9 Å². The van der Waals surface area contributed by atoms with Gasteiger partial charge in [-0.1, -0.05) is 18.2 Å². The molecule has 0 spiro atoms. The summed E-state index contributed by atoms with van der Waals surface area (Å²) in [6, 6.07) is 9.45. The Bertz CT molecular complexity index is 1090. The molecular weight excluding hydrogens is 346 g/mol. The van der Waals surface area contributed by atoms with Crippen LogP contribution in [0.5, 0.6) is 0 Å². The number of aromatic nitrogens is 2. The second-order valence-electron chi connectivity index (χ2n) is 6.58. The lowest BCUT2D eigenvalue weighted by Crippen LogP contribution is -2.34. The first-order valence-electron chi connectivity index (χ1n) is 8.68. The zero-order valence-corrected chi connectivity index (χ0v) is 15.3. The van der Waals surface area contributed by atoms with E-state index in [1.165, 1.54) is 0 Å². The molecule has 0 aliphatic heterocycles. The minimum atomic E-state index is -0.433. The number of aryl methyl sites for hydroxylation is 2. The van der Waals surface area contributed by atoms with E-state index >= 15 is 0 Å². The monoisotopic (exact) mass is 365 g/mol. The molecule has 1 atom stereocenters. The highest BCUT2D eigenvalue weighted by molar-refractivity contribution is 5.91. The fourth-order valence-electron chi connectivity index (χ4n) is 3.06. The standard InChI is InChI=1S/C20H19N3O4/c1-11-6-4-8-15-13(3)17(26-16(11)15)19-22-23-20(27-19)18(24)21-12(2)10-14-7-5-9-25-14/h4-9,12H,10H2,1-3H3,(H,21,24)/t12-/m0/s1. The quantitative estimate of drug-likeness (QED) is 0.573. The number of hydrogen-bond acceptors (Lipinski definition) is 6. The van der Waals surface area contributed by atoms with Crippen molar-refractivity contribution < 1.29 is 18.0 Å². The van der Waals surface area contributed by atoms with Crippen molar-refractivity contribution in [1.82, 2.24) is 15.5 Å². The van der Waals surface area contributed by atoms with Crippen molar-refractivity contribution in [3.63, 3.8) is 0 Å². The molecule has 3 aromatic heterocycles. The van der Waals surface area contributed by atoms with Crippen LogP contribution in [0.2, 0.25) is 0 Å². The molecule has 1 aromatic carbocycles. The van der Waals surface area contributed by atoms with Gasteiger partial charge in [-0.05, 0) is 38.5 Å². The fourth-order valence-corrected chi connectivity index (χ4v) is 3.06. The van der Waals surface area contributed by atoms with Crippen LogP contribution in [-0.2, 0) is 6.42 Å². The second kappa shape index (κ2) is 6.75. The zero-order chi connectivity index (χ0) is 19.0. The molecule has 4 aromatic rings. The number of amides is 1. The maximum absolute atomic E-state index is 12.4. The second-order valence-corrected chi connectivity index (χ2v) is 6.58. The van der Waals surface area contributed by atoms with Crippen LogP contribution in [0.15, 0.2) is 49.8 Å². The lowest BCUT2D eigenvalue weighted by molar-refractivity contribution is 0.0904. The summed E-state index contributed by atoms with van der Waals surface area (Å²) in [6.07, 6.45) is 2.17. The summed E-state index contributed by atoms with van der Waals surface area (Å²) >= 11 is 0. The van der Waals surface area contributed by atoms with Crippen molar-refractivity contribution in [2.75, 3.05) is 0 Å². The number of nitrogens with one attached hydrogen (secondary N) is 1. The Labute approximate surface area is 155 Å². The van der Waals surface area contributed by atoms with Crippen LogP contribution in [-0.4, -0.2) is 22.1 Å². The summed E-state index contributed by atoms with van der Waals surface area (Å²) in [5.74, 6) is 0.925. The van der Waals surface area contributed by atoms with Gasteiger partial charge in [0.1, 0.15) is 11.3 Å². The molecule has 7 nitrogen and oxygen atoms in total. The molecule has 0 saturated heterocycles. The lowest BCUT2D eigenvalue weighted by atomic mass is 10.1. The van der Waals surface area contributed by atoms with Gasteiger partial charge >= 0.3 is 11.8 Å². The molecule has 7 heteroatoms. The Morgan fingerprint density at radius 3 is 2.74 bits per heavy atom. The molecule has 0 fully saturated rings. The molecular formula is C20H19N3O4. The van der Waals surface area contributed by atoms with Crippen molar-refractivity contribution in [3.8, 4) is 11.7 Å². The minimum Gasteiger partial charge on any atom is -0.469 e. The number of benzene rings is 1.